The van der Waals surface area contributed by atoms with Crippen molar-refractivity contribution in [2.45, 2.75) is 6.92 Å². The number of anilines is 1. The van der Waals surface area contributed by atoms with E-state index in [0.29, 0.717) is 5.69 Å². The molecule has 0 radical (unpaired) electrons. The Morgan fingerprint density at radius 3 is 2.68 bits per heavy atom. The topological polar surface area (TPSA) is 42.0 Å². The summed E-state index contributed by atoms with van der Waals surface area (Å²) in [4.78, 5) is 16.0. The minimum atomic E-state index is -0.406. The molecule has 0 unspecified atom stereocenters. The Morgan fingerprint density at radius 2 is 2.00 bits per heavy atom. The molecule has 1 amide bonds. The van der Waals surface area contributed by atoms with Crippen LogP contribution >= 0.6 is 39.1 Å². The van der Waals surface area contributed by atoms with Gasteiger partial charge in [0.05, 0.1) is 10.7 Å². The molecule has 2 aromatic rings. The molecule has 98 valence electrons. The first-order chi connectivity index (χ1) is 8.97. The smallest absolute Gasteiger partial charge is 0.275 e. The van der Waals surface area contributed by atoms with Gasteiger partial charge in [0.25, 0.3) is 5.91 Å². The van der Waals surface area contributed by atoms with Crippen molar-refractivity contribution in [2.75, 3.05) is 5.32 Å². The van der Waals surface area contributed by atoms with Crippen LogP contribution in [0.15, 0.2) is 34.8 Å². The van der Waals surface area contributed by atoms with Crippen LogP contribution in [-0.4, -0.2) is 10.9 Å². The number of aromatic nitrogens is 1. The van der Waals surface area contributed by atoms with E-state index in [4.69, 9.17) is 23.2 Å². The van der Waals surface area contributed by atoms with Gasteiger partial charge in [-0.1, -0.05) is 29.3 Å². The van der Waals surface area contributed by atoms with Crippen molar-refractivity contribution in [1.29, 1.82) is 0 Å². The summed E-state index contributed by atoms with van der Waals surface area (Å²) in [5.74, 6) is -0.406. The summed E-state index contributed by atoms with van der Waals surface area (Å²) in [6.45, 7) is 1.96. The average molecular weight is 360 g/mol. The van der Waals surface area contributed by atoms with Crippen LogP contribution in [0.2, 0.25) is 10.2 Å². The number of pyridine rings is 1. The number of carbonyl (C=O) groups is 1. The number of halogens is 3. The molecule has 1 N–H and O–H groups in total. The van der Waals surface area contributed by atoms with Crippen molar-refractivity contribution in [3.8, 4) is 0 Å². The summed E-state index contributed by atoms with van der Waals surface area (Å²) >= 11 is 15.1. The minimum Gasteiger partial charge on any atom is -0.320 e. The molecule has 0 bridgehead atoms. The Kier molecular flexibility index (Phi) is 4.45. The van der Waals surface area contributed by atoms with Crippen molar-refractivity contribution >= 4 is 50.7 Å². The molecule has 0 fully saturated rings. The van der Waals surface area contributed by atoms with E-state index < -0.39 is 5.91 Å². The number of nitrogens with one attached hydrogen (secondary N) is 1. The molecule has 2 rings (SSSR count). The second kappa shape index (κ2) is 5.90. The van der Waals surface area contributed by atoms with Gasteiger partial charge in [0.2, 0.25) is 0 Å². The quantitative estimate of drug-likeness (QED) is 0.789. The van der Waals surface area contributed by atoms with Crippen LogP contribution in [0.1, 0.15) is 16.1 Å². The molecule has 0 aliphatic rings. The van der Waals surface area contributed by atoms with Crippen LogP contribution in [0.5, 0.6) is 0 Å². The van der Waals surface area contributed by atoms with Gasteiger partial charge in [0.1, 0.15) is 10.8 Å². The highest BCUT2D eigenvalue weighted by atomic mass is 79.9. The van der Waals surface area contributed by atoms with E-state index in [-0.39, 0.29) is 15.9 Å². The molecule has 0 aliphatic carbocycles. The van der Waals surface area contributed by atoms with Crippen molar-refractivity contribution < 1.29 is 4.79 Å². The molecule has 0 saturated carbocycles. The fourth-order valence-corrected chi connectivity index (χ4v) is 2.41. The van der Waals surface area contributed by atoms with Crippen LogP contribution in [-0.2, 0) is 0 Å². The summed E-state index contributed by atoms with van der Waals surface area (Å²) in [6, 6.07) is 8.67. The standard InChI is InChI=1S/C13H9BrCl2N2O/c1-7-2-4-10(8(14)6-7)17-13(19)12-9(15)3-5-11(16)18-12/h2-6H,1H3,(H,17,19). The largest absolute Gasteiger partial charge is 0.320 e. The lowest BCUT2D eigenvalue weighted by atomic mass is 10.2. The fraction of sp³-hybridized carbons (Fsp3) is 0.0769. The van der Waals surface area contributed by atoms with Gasteiger partial charge in [-0.15, -0.1) is 0 Å². The zero-order chi connectivity index (χ0) is 14.0. The third kappa shape index (κ3) is 3.47. The predicted octanol–water partition coefficient (Wildman–Crippen LogP) is 4.71. The highest BCUT2D eigenvalue weighted by Gasteiger charge is 2.14. The molecule has 0 saturated heterocycles. The molecular formula is C13H9BrCl2N2O. The Morgan fingerprint density at radius 1 is 1.26 bits per heavy atom. The van der Waals surface area contributed by atoms with Gasteiger partial charge >= 0.3 is 0 Å². The number of rotatable bonds is 2. The Hall–Kier alpha value is -1.10. The van der Waals surface area contributed by atoms with Crippen LogP contribution in [0.4, 0.5) is 5.69 Å². The van der Waals surface area contributed by atoms with Crippen molar-refractivity contribution in [2.24, 2.45) is 0 Å². The molecule has 1 heterocycles. The first kappa shape index (κ1) is 14.3. The monoisotopic (exact) mass is 358 g/mol. The second-order valence-electron chi connectivity index (χ2n) is 3.90. The number of hydrogen-bond acceptors (Lipinski definition) is 2. The maximum atomic E-state index is 12.1. The van der Waals surface area contributed by atoms with Crippen LogP contribution in [0, 0.1) is 6.92 Å². The van der Waals surface area contributed by atoms with E-state index in [9.17, 15) is 4.79 Å². The number of carbonyl (C=O) groups excluding carboxylic acids is 1. The van der Waals surface area contributed by atoms with Crippen LogP contribution in [0.25, 0.3) is 0 Å². The third-order valence-electron chi connectivity index (χ3n) is 2.40. The second-order valence-corrected chi connectivity index (χ2v) is 5.55. The Labute approximate surface area is 129 Å². The van der Waals surface area contributed by atoms with Crippen LogP contribution in [0.3, 0.4) is 0 Å². The number of amides is 1. The molecule has 6 heteroatoms. The van der Waals surface area contributed by atoms with E-state index in [1.165, 1.54) is 12.1 Å². The fourth-order valence-electron chi connectivity index (χ4n) is 1.48. The summed E-state index contributed by atoms with van der Waals surface area (Å²) < 4.78 is 0.791. The van der Waals surface area contributed by atoms with Gasteiger partial charge < -0.3 is 5.32 Å². The van der Waals surface area contributed by atoms with Gasteiger partial charge in [-0.3, -0.25) is 4.79 Å². The summed E-state index contributed by atoms with van der Waals surface area (Å²) in [6.07, 6.45) is 0. The normalized spacial score (nSPS) is 10.3. The van der Waals surface area contributed by atoms with Gasteiger partial charge in [0.15, 0.2) is 0 Å². The molecule has 3 nitrogen and oxygen atoms in total. The third-order valence-corrected chi connectivity index (χ3v) is 3.57. The highest BCUT2D eigenvalue weighted by molar-refractivity contribution is 9.10. The van der Waals surface area contributed by atoms with Gasteiger partial charge in [-0.05, 0) is 52.7 Å². The summed E-state index contributed by atoms with van der Waals surface area (Å²) in [7, 11) is 0. The van der Waals surface area contributed by atoms with E-state index in [0.717, 1.165) is 10.0 Å². The van der Waals surface area contributed by atoms with Gasteiger partial charge in [-0.25, -0.2) is 4.98 Å². The van der Waals surface area contributed by atoms with Gasteiger partial charge in [-0.2, -0.15) is 0 Å². The maximum absolute atomic E-state index is 12.1. The summed E-state index contributed by atoms with van der Waals surface area (Å²) in [5, 5.41) is 3.21. The summed E-state index contributed by atoms with van der Waals surface area (Å²) in [5.41, 5.74) is 1.83. The number of nitrogens with zero attached hydrogens (tertiary/aromatic N) is 1. The zero-order valence-corrected chi connectivity index (χ0v) is 13.0. The Balaban J connectivity index is 2.28. The zero-order valence-electron chi connectivity index (χ0n) is 9.88. The van der Waals surface area contributed by atoms with Crippen molar-refractivity contribution in [1.82, 2.24) is 4.98 Å². The first-order valence-electron chi connectivity index (χ1n) is 5.37. The molecule has 19 heavy (non-hydrogen) atoms. The van der Waals surface area contributed by atoms with E-state index in [2.05, 4.69) is 26.2 Å². The van der Waals surface area contributed by atoms with Crippen molar-refractivity contribution in [3.05, 3.63) is 56.2 Å². The average Bonchev–Trinajstić information content (AvgIpc) is 2.35. The predicted molar refractivity (Wildman–Crippen MR) is 81.1 cm³/mol. The van der Waals surface area contributed by atoms with E-state index in [1.54, 1.807) is 6.07 Å². The van der Waals surface area contributed by atoms with E-state index in [1.807, 2.05) is 19.1 Å². The molecule has 1 aromatic carbocycles. The van der Waals surface area contributed by atoms with E-state index >= 15 is 0 Å². The number of aryl methyl sites for hydroxylation is 1. The number of benzene rings is 1. The molecular weight excluding hydrogens is 351 g/mol. The first-order valence-corrected chi connectivity index (χ1v) is 6.92. The SMILES string of the molecule is Cc1ccc(NC(=O)c2nc(Cl)ccc2Cl)c(Br)c1. The lowest BCUT2D eigenvalue weighted by Gasteiger charge is -2.08. The minimum absolute atomic E-state index is 0.0987. The lowest BCUT2D eigenvalue weighted by molar-refractivity contribution is 0.102. The highest BCUT2D eigenvalue weighted by Crippen LogP contribution is 2.25. The lowest BCUT2D eigenvalue weighted by Crippen LogP contribution is -2.14. The Bertz CT molecular complexity index is 647. The van der Waals surface area contributed by atoms with Crippen LogP contribution < -0.4 is 5.32 Å². The molecule has 0 atom stereocenters. The molecule has 0 aliphatic heterocycles. The number of hydrogen-bond donors (Lipinski definition) is 1. The maximum Gasteiger partial charge on any atom is 0.275 e. The van der Waals surface area contributed by atoms with Crippen molar-refractivity contribution in [3.63, 3.8) is 0 Å². The van der Waals surface area contributed by atoms with Gasteiger partial charge in [0, 0.05) is 4.47 Å². The molecule has 0 spiro atoms. The molecule has 1 aromatic heterocycles.